The molecule has 0 aliphatic heterocycles. The van der Waals surface area contributed by atoms with Crippen LogP contribution in [0.1, 0.15) is 17.2 Å². The van der Waals surface area contributed by atoms with Crippen molar-refractivity contribution in [1.29, 1.82) is 0 Å². The van der Waals surface area contributed by atoms with E-state index in [-0.39, 0.29) is 6.04 Å². The number of halogens is 1. The minimum Gasteiger partial charge on any atom is -0.496 e. The van der Waals surface area contributed by atoms with Crippen LogP contribution in [0.2, 0.25) is 5.02 Å². The molecule has 0 saturated heterocycles. The normalized spacial score (nSPS) is 12.6. The van der Waals surface area contributed by atoms with Gasteiger partial charge in [-0.1, -0.05) is 11.6 Å². The first-order valence-electron chi connectivity index (χ1n) is 4.30. The molecule has 4 heteroatoms. The van der Waals surface area contributed by atoms with Crippen molar-refractivity contribution in [3.05, 3.63) is 28.3 Å². The maximum absolute atomic E-state index is 6.01. The molecule has 0 saturated carbocycles. The number of hydrogen-bond acceptors (Lipinski definition) is 3. The lowest BCUT2D eigenvalue weighted by Crippen LogP contribution is -2.13. The molecule has 0 spiro atoms. The Balaban J connectivity index is 3.19. The molecule has 0 aliphatic carbocycles. The molecule has 1 rings (SSSR count). The van der Waals surface area contributed by atoms with Crippen molar-refractivity contribution in [1.82, 2.24) is 0 Å². The molecule has 0 amide bonds. The maximum Gasteiger partial charge on any atom is 0.124 e. The molecular weight excluding hydrogens is 218 g/mol. The van der Waals surface area contributed by atoms with E-state index < -0.39 is 0 Å². The topological polar surface area (TPSA) is 35.2 Å². The number of aryl methyl sites for hydroxylation is 1. The van der Waals surface area contributed by atoms with Gasteiger partial charge in [-0.2, -0.15) is 12.6 Å². The Morgan fingerprint density at radius 2 is 2.21 bits per heavy atom. The zero-order valence-electron chi connectivity index (χ0n) is 8.25. The summed E-state index contributed by atoms with van der Waals surface area (Å²) in [7, 11) is 1.62. The van der Waals surface area contributed by atoms with E-state index in [0.29, 0.717) is 10.8 Å². The monoisotopic (exact) mass is 231 g/mol. The average Bonchev–Trinajstić information content (AvgIpc) is 2.20. The van der Waals surface area contributed by atoms with Crippen molar-refractivity contribution in [2.75, 3.05) is 12.9 Å². The van der Waals surface area contributed by atoms with Gasteiger partial charge in [0.1, 0.15) is 5.75 Å². The molecule has 0 aliphatic rings. The minimum atomic E-state index is -0.147. The van der Waals surface area contributed by atoms with Crippen molar-refractivity contribution in [2.45, 2.75) is 13.0 Å². The van der Waals surface area contributed by atoms with Gasteiger partial charge >= 0.3 is 0 Å². The van der Waals surface area contributed by atoms with Crippen LogP contribution in [0.4, 0.5) is 0 Å². The van der Waals surface area contributed by atoms with Gasteiger partial charge < -0.3 is 10.5 Å². The van der Waals surface area contributed by atoms with Crippen molar-refractivity contribution in [3.63, 3.8) is 0 Å². The van der Waals surface area contributed by atoms with Crippen molar-refractivity contribution < 1.29 is 4.74 Å². The van der Waals surface area contributed by atoms with Crippen LogP contribution < -0.4 is 10.5 Å². The van der Waals surface area contributed by atoms with Crippen LogP contribution in [0.15, 0.2) is 12.1 Å². The first-order valence-corrected chi connectivity index (χ1v) is 5.31. The van der Waals surface area contributed by atoms with Gasteiger partial charge in [0.15, 0.2) is 0 Å². The van der Waals surface area contributed by atoms with Crippen molar-refractivity contribution in [3.8, 4) is 5.75 Å². The fraction of sp³-hybridized carbons (Fsp3) is 0.400. The van der Waals surface area contributed by atoms with Crippen LogP contribution >= 0.6 is 24.2 Å². The Bertz CT molecular complexity index is 330. The third kappa shape index (κ3) is 2.35. The number of benzene rings is 1. The summed E-state index contributed by atoms with van der Waals surface area (Å²) in [6.45, 7) is 1.93. The van der Waals surface area contributed by atoms with Gasteiger partial charge in [0.2, 0.25) is 0 Å². The molecule has 1 atom stereocenters. The first-order chi connectivity index (χ1) is 6.60. The molecule has 0 bridgehead atoms. The lowest BCUT2D eigenvalue weighted by Gasteiger charge is -2.15. The lowest BCUT2D eigenvalue weighted by atomic mass is 10.1. The van der Waals surface area contributed by atoms with Crippen LogP contribution in [0.3, 0.4) is 0 Å². The Morgan fingerprint density at radius 1 is 1.57 bits per heavy atom. The van der Waals surface area contributed by atoms with E-state index in [9.17, 15) is 0 Å². The van der Waals surface area contributed by atoms with E-state index in [1.165, 1.54) is 0 Å². The molecule has 0 fully saturated rings. The number of ether oxygens (including phenoxy) is 1. The van der Waals surface area contributed by atoms with Crippen LogP contribution in [0, 0.1) is 6.92 Å². The molecule has 0 heterocycles. The fourth-order valence-electron chi connectivity index (χ4n) is 1.24. The highest BCUT2D eigenvalue weighted by Gasteiger charge is 2.12. The second-order valence-corrected chi connectivity index (χ2v) is 3.90. The largest absolute Gasteiger partial charge is 0.496 e. The molecule has 14 heavy (non-hydrogen) atoms. The van der Waals surface area contributed by atoms with E-state index in [2.05, 4.69) is 12.6 Å². The summed E-state index contributed by atoms with van der Waals surface area (Å²) in [6, 6.07) is 3.59. The average molecular weight is 232 g/mol. The number of nitrogens with two attached hydrogens (primary N) is 1. The van der Waals surface area contributed by atoms with E-state index in [0.717, 1.165) is 16.9 Å². The van der Waals surface area contributed by atoms with Crippen LogP contribution in [0.25, 0.3) is 0 Å². The molecule has 0 radical (unpaired) electrons. The Labute approximate surface area is 94.8 Å². The molecule has 2 N–H and O–H groups in total. The van der Waals surface area contributed by atoms with Gasteiger partial charge in [0.25, 0.3) is 0 Å². The third-order valence-corrected chi connectivity index (χ3v) is 2.91. The van der Waals surface area contributed by atoms with Gasteiger partial charge in [-0.15, -0.1) is 0 Å². The number of hydrogen-bond donors (Lipinski definition) is 2. The Kier molecular flexibility index (Phi) is 4.11. The summed E-state index contributed by atoms with van der Waals surface area (Å²) in [6.07, 6.45) is 0. The fourth-order valence-corrected chi connectivity index (χ4v) is 1.60. The summed E-state index contributed by atoms with van der Waals surface area (Å²) in [5.74, 6) is 1.34. The zero-order chi connectivity index (χ0) is 10.7. The first kappa shape index (κ1) is 11.7. The highest BCUT2D eigenvalue weighted by Crippen LogP contribution is 2.30. The maximum atomic E-state index is 6.01. The van der Waals surface area contributed by atoms with Gasteiger partial charge in [-0.25, -0.2) is 0 Å². The molecule has 2 nitrogen and oxygen atoms in total. The number of methoxy groups -OCH3 is 1. The van der Waals surface area contributed by atoms with Gasteiger partial charge in [-0.3, -0.25) is 0 Å². The molecule has 1 aromatic carbocycles. The van der Waals surface area contributed by atoms with E-state index in [4.69, 9.17) is 22.1 Å². The summed E-state index contributed by atoms with van der Waals surface area (Å²) in [5.41, 5.74) is 7.76. The molecular formula is C10H14ClNOS. The van der Waals surface area contributed by atoms with Gasteiger partial charge in [-0.05, 0) is 24.6 Å². The lowest BCUT2D eigenvalue weighted by molar-refractivity contribution is 0.407. The van der Waals surface area contributed by atoms with Crippen molar-refractivity contribution in [2.24, 2.45) is 5.73 Å². The quantitative estimate of drug-likeness (QED) is 0.785. The second kappa shape index (κ2) is 4.91. The third-order valence-electron chi connectivity index (χ3n) is 2.11. The van der Waals surface area contributed by atoms with E-state index in [1.54, 1.807) is 7.11 Å². The molecule has 1 aromatic rings. The van der Waals surface area contributed by atoms with Crippen LogP contribution in [-0.4, -0.2) is 12.9 Å². The van der Waals surface area contributed by atoms with Crippen LogP contribution in [-0.2, 0) is 0 Å². The van der Waals surface area contributed by atoms with E-state index >= 15 is 0 Å². The van der Waals surface area contributed by atoms with E-state index in [1.807, 2.05) is 19.1 Å². The summed E-state index contributed by atoms with van der Waals surface area (Å²) in [4.78, 5) is 0. The zero-order valence-corrected chi connectivity index (χ0v) is 9.90. The summed E-state index contributed by atoms with van der Waals surface area (Å²) < 4.78 is 5.23. The minimum absolute atomic E-state index is 0.147. The number of thiol groups is 1. The van der Waals surface area contributed by atoms with Gasteiger partial charge in [0.05, 0.1) is 7.11 Å². The molecule has 78 valence electrons. The standard InChI is InChI=1S/C10H14ClNOS/c1-6-3-10(13-2)7(4-8(6)11)9(12)5-14/h3-4,9,14H,5,12H2,1-2H3. The Hall–Kier alpha value is -0.380. The molecule has 1 unspecified atom stereocenters. The Morgan fingerprint density at radius 3 is 2.71 bits per heavy atom. The smallest absolute Gasteiger partial charge is 0.124 e. The SMILES string of the molecule is COc1cc(C)c(Cl)cc1C(N)CS. The summed E-state index contributed by atoms with van der Waals surface area (Å²) in [5, 5.41) is 0.707. The predicted molar refractivity (Wildman–Crippen MR) is 63.5 cm³/mol. The summed E-state index contributed by atoms with van der Waals surface area (Å²) >= 11 is 10.2. The molecule has 0 aromatic heterocycles. The highest BCUT2D eigenvalue weighted by molar-refractivity contribution is 7.80. The second-order valence-electron chi connectivity index (χ2n) is 3.13. The number of rotatable bonds is 3. The van der Waals surface area contributed by atoms with Crippen molar-refractivity contribution >= 4 is 24.2 Å². The van der Waals surface area contributed by atoms with Crippen LogP contribution in [0.5, 0.6) is 5.75 Å². The van der Waals surface area contributed by atoms with Gasteiger partial charge in [0, 0.05) is 22.4 Å². The highest BCUT2D eigenvalue weighted by atomic mass is 35.5. The predicted octanol–water partition coefficient (Wildman–Crippen LogP) is 2.59.